The van der Waals surface area contributed by atoms with E-state index >= 15 is 0 Å². The Morgan fingerprint density at radius 2 is 2.23 bits per heavy atom. The number of nitrogens with zero attached hydrogens (tertiary/aromatic N) is 1. The van der Waals surface area contributed by atoms with Crippen molar-refractivity contribution in [3.63, 3.8) is 0 Å². The molecule has 1 heterocycles. The van der Waals surface area contributed by atoms with Gasteiger partial charge in [-0.2, -0.15) is 0 Å². The molecule has 3 nitrogen and oxygen atoms in total. The highest BCUT2D eigenvalue weighted by Crippen LogP contribution is 2.16. The molecule has 0 saturated carbocycles. The molecule has 1 N–H and O–H groups in total. The first-order valence-corrected chi connectivity index (χ1v) is 5.14. The fourth-order valence-electron chi connectivity index (χ4n) is 1.01. The number of aromatic nitrogens is 1. The van der Waals surface area contributed by atoms with Crippen LogP contribution in [0.15, 0.2) is 0 Å². The van der Waals surface area contributed by atoms with Crippen LogP contribution in [0, 0.1) is 13.8 Å². The number of thiazole rings is 1. The van der Waals surface area contributed by atoms with Crippen LogP contribution in [-0.4, -0.2) is 17.4 Å². The maximum absolute atomic E-state index is 11.2. The van der Waals surface area contributed by atoms with Crippen LogP contribution in [-0.2, 0) is 11.2 Å². The van der Waals surface area contributed by atoms with Crippen LogP contribution in [0.5, 0.6) is 0 Å². The SMILES string of the molecule is CCNC(=O)Cc1nc(C)c(C)s1. The largest absolute Gasteiger partial charge is 0.356 e. The van der Waals surface area contributed by atoms with Gasteiger partial charge < -0.3 is 5.32 Å². The van der Waals surface area contributed by atoms with E-state index in [1.807, 2.05) is 20.8 Å². The predicted molar refractivity (Wildman–Crippen MR) is 54.0 cm³/mol. The van der Waals surface area contributed by atoms with Crippen molar-refractivity contribution in [1.29, 1.82) is 0 Å². The van der Waals surface area contributed by atoms with Gasteiger partial charge in [-0.15, -0.1) is 11.3 Å². The summed E-state index contributed by atoms with van der Waals surface area (Å²) in [6.07, 6.45) is 0.410. The monoisotopic (exact) mass is 198 g/mol. The third-order valence-electron chi connectivity index (χ3n) is 1.76. The van der Waals surface area contributed by atoms with Gasteiger partial charge in [-0.3, -0.25) is 4.79 Å². The number of rotatable bonds is 3. The van der Waals surface area contributed by atoms with Crippen molar-refractivity contribution in [1.82, 2.24) is 10.3 Å². The van der Waals surface area contributed by atoms with Gasteiger partial charge >= 0.3 is 0 Å². The Balaban J connectivity index is 2.59. The van der Waals surface area contributed by atoms with Crippen LogP contribution in [0.25, 0.3) is 0 Å². The molecule has 0 bridgehead atoms. The summed E-state index contributed by atoms with van der Waals surface area (Å²) >= 11 is 1.60. The molecule has 0 saturated heterocycles. The molecule has 0 spiro atoms. The van der Waals surface area contributed by atoms with Crippen molar-refractivity contribution in [3.8, 4) is 0 Å². The average Bonchev–Trinajstić information content (AvgIpc) is 2.31. The standard InChI is InChI=1S/C9H14N2OS/c1-4-10-8(12)5-9-11-6(2)7(3)13-9/h4-5H2,1-3H3,(H,10,12). The normalized spacial score (nSPS) is 10.1. The molecular formula is C9H14N2OS. The Morgan fingerprint density at radius 1 is 1.54 bits per heavy atom. The second-order valence-electron chi connectivity index (χ2n) is 2.88. The molecule has 0 aliphatic rings. The Labute approximate surface area is 82.2 Å². The van der Waals surface area contributed by atoms with Crippen LogP contribution in [0.3, 0.4) is 0 Å². The summed E-state index contributed by atoms with van der Waals surface area (Å²) in [6, 6.07) is 0. The van der Waals surface area contributed by atoms with E-state index in [0.29, 0.717) is 13.0 Å². The van der Waals surface area contributed by atoms with Gasteiger partial charge in [0, 0.05) is 11.4 Å². The van der Waals surface area contributed by atoms with E-state index in [1.165, 1.54) is 4.88 Å². The van der Waals surface area contributed by atoms with E-state index < -0.39 is 0 Å². The summed E-state index contributed by atoms with van der Waals surface area (Å²) in [5.41, 5.74) is 1.03. The maximum Gasteiger partial charge on any atom is 0.226 e. The molecule has 0 aliphatic carbocycles. The number of nitrogens with one attached hydrogen (secondary N) is 1. The minimum Gasteiger partial charge on any atom is -0.356 e. The molecule has 0 aliphatic heterocycles. The molecule has 1 amide bonds. The summed E-state index contributed by atoms with van der Waals surface area (Å²) in [4.78, 5) is 16.7. The molecule has 72 valence electrons. The van der Waals surface area contributed by atoms with E-state index in [1.54, 1.807) is 11.3 Å². The minimum atomic E-state index is 0.0521. The van der Waals surface area contributed by atoms with E-state index in [9.17, 15) is 4.79 Å². The van der Waals surface area contributed by atoms with Crippen molar-refractivity contribution in [2.45, 2.75) is 27.2 Å². The van der Waals surface area contributed by atoms with Crippen LogP contribution >= 0.6 is 11.3 Å². The molecule has 0 atom stereocenters. The fourth-order valence-corrected chi connectivity index (χ4v) is 1.94. The van der Waals surface area contributed by atoms with Gasteiger partial charge in [0.1, 0.15) is 5.01 Å². The molecule has 0 aromatic carbocycles. The number of amides is 1. The van der Waals surface area contributed by atoms with Crippen molar-refractivity contribution in [2.75, 3.05) is 6.54 Å². The number of likely N-dealkylation sites (N-methyl/N-ethyl adjacent to an activating group) is 1. The second kappa shape index (κ2) is 4.37. The third kappa shape index (κ3) is 2.81. The summed E-state index contributed by atoms with van der Waals surface area (Å²) in [6.45, 7) is 6.58. The Bertz CT molecular complexity index is 287. The lowest BCUT2D eigenvalue weighted by Gasteiger charge is -1.97. The molecule has 13 heavy (non-hydrogen) atoms. The molecule has 1 aromatic rings. The topological polar surface area (TPSA) is 42.0 Å². The lowest BCUT2D eigenvalue weighted by molar-refractivity contribution is -0.120. The highest BCUT2D eigenvalue weighted by atomic mass is 32.1. The van der Waals surface area contributed by atoms with Gasteiger partial charge in [-0.05, 0) is 20.8 Å². The Kier molecular flexibility index (Phi) is 3.42. The first-order chi connectivity index (χ1) is 6.13. The van der Waals surface area contributed by atoms with Crippen molar-refractivity contribution in [3.05, 3.63) is 15.6 Å². The van der Waals surface area contributed by atoms with Gasteiger partial charge in [0.25, 0.3) is 0 Å². The number of aryl methyl sites for hydroxylation is 2. The number of carbonyl (C=O) groups is 1. The molecule has 0 fully saturated rings. The van der Waals surface area contributed by atoms with Gasteiger partial charge in [0.15, 0.2) is 0 Å². The van der Waals surface area contributed by atoms with E-state index in [2.05, 4.69) is 10.3 Å². The molecule has 0 unspecified atom stereocenters. The number of carbonyl (C=O) groups excluding carboxylic acids is 1. The second-order valence-corrected chi connectivity index (χ2v) is 4.17. The smallest absolute Gasteiger partial charge is 0.226 e. The zero-order valence-electron chi connectivity index (χ0n) is 8.18. The van der Waals surface area contributed by atoms with Gasteiger partial charge in [-0.25, -0.2) is 4.98 Å². The predicted octanol–water partition coefficient (Wildman–Crippen LogP) is 1.44. The van der Waals surface area contributed by atoms with Crippen LogP contribution in [0.2, 0.25) is 0 Å². The van der Waals surface area contributed by atoms with Crippen molar-refractivity contribution in [2.24, 2.45) is 0 Å². The van der Waals surface area contributed by atoms with E-state index in [-0.39, 0.29) is 5.91 Å². The Hall–Kier alpha value is -0.900. The number of hydrogen-bond donors (Lipinski definition) is 1. The van der Waals surface area contributed by atoms with E-state index in [0.717, 1.165) is 10.7 Å². The van der Waals surface area contributed by atoms with E-state index in [4.69, 9.17) is 0 Å². The van der Waals surface area contributed by atoms with Crippen LogP contribution < -0.4 is 5.32 Å². The molecule has 1 rings (SSSR count). The van der Waals surface area contributed by atoms with Crippen molar-refractivity contribution < 1.29 is 4.79 Å². The maximum atomic E-state index is 11.2. The van der Waals surface area contributed by atoms with Gasteiger partial charge in [-0.1, -0.05) is 0 Å². The van der Waals surface area contributed by atoms with Crippen LogP contribution in [0.4, 0.5) is 0 Å². The zero-order chi connectivity index (χ0) is 9.84. The minimum absolute atomic E-state index is 0.0521. The molecular weight excluding hydrogens is 184 g/mol. The zero-order valence-corrected chi connectivity index (χ0v) is 8.99. The summed E-state index contributed by atoms with van der Waals surface area (Å²) in [5, 5.41) is 3.65. The summed E-state index contributed by atoms with van der Waals surface area (Å²) in [7, 11) is 0. The van der Waals surface area contributed by atoms with Gasteiger partial charge in [0.2, 0.25) is 5.91 Å². The highest BCUT2D eigenvalue weighted by molar-refractivity contribution is 7.11. The Morgan fingerprint density at radius 3 is 2.69 bits per heavy atom. The fraction of sp³-hybridized carbons (Fsp3) is 0.556. The summed E-state index contributed by atoms with van der Waals surface area (Å²) in [5.74, 6) is 0.0521. The molecule has 0 radical (unpaired) electrons. The third-order valence-corrected chi connectivity index (χ3v) is 2.83. The van der Waals surface area contributed by atoms with Crippen LogP contribution in [0.1, 0.15) is 22.5 Å². The average molecular weight is 198 g/mol. The molecule has 4 heteroatoms. The quantitative estimate of drug-likeness (QED) is 0.798. The number of hydrogen-bond acceptors (Lipinski definition) is 3. The van der Waals surface area contributed by atoms with Crippen molar-refractivity contribution >= 4 is 17.2 Å². The summed E-state index contributed by atoms with van der Waals surface area (Å²) < 4.78 is 0. The first-order valence-electron chi connectivity index (χ1n) is 4.33. The van der Waals surface area contributed by atoms with Gasteiger partial charge in [0.05, 0.1) is 12.1 Å². The lowest BCUT2D eigenvalue weighted by Crippen LogP contribution is -2.24. The first kappa shape index (κ1) is 10.2. The molecule has 1 aromatic heterocycles. The lowest BCUT2D eigenvalue weighted by atomic mass is 10.4. The highest BCUT2D eigenvalue weighted by Gasteiger charge is 2.07.